The third-order valence-corrected chi connectivity index (χ3v) is 4.74. The van der Waals surface area contributed by atoms with E-state index in [9.17, 15) is 0 Å². The van der Waals surface area contributed by atoms with Crippen LogP contribution in [0.2, 0.25) is 0 Å². The maximum Gasteiger partial charge on any atom is 0.0416 e. The van der Waals surface area contributed by atoms with Crippen molar-refractivity contribution in [1.82, 2.24) is 5.32 Å². The largest absolute Gasteiger partial charge is 0.303 e. The Morgan fingerprint density at radius 1 is 1.25 bits per heavy atom. The van der Waals surface area contributed by atoms with Gasteiger partial charge >= 0.3 is 0 Å². The molecule has 1 N–H and O–H groups in total. The highest BCUT2D eigenvalue weighted by molar-refractivity contribution is 7.99. The first-order valence-electron chi connectivity index (χ1n) is 5.90. The Labute approximate surface area is 103 Å². The first-order chi connectivity index (χ1) is 7.48. The predicted molar refractivity (Wildman–Crippen MR) is 73.2 cm³/mol. The van der Waals surface area contributed by atoms with Gasteiger partial charge in [-0.25, -0.2) is 0 Å². The van der Waals surface area contributed by atoms with Gasteiger partial charge in [0.05, 0.1) is 0 Å². The van der Waals surface area contributed by atoms with E-state index >= 15 is 0 Å². The number of benzene rings is 1. The second kappa shape index (κ2) is 4.42. The zero-order valence-electron chi connectivity index (χ0n) is 10.6. The smallest absolute Gasteiger partial charge is 0.0416 e. The van der Waals surface area contributed by atoms with Crippen LogP contribution in [0.5, 0.6) is 0 Å². The van der Waals surface area contributed by atoms with Crippen LogP contribution in [-0.4, -0.2) is 17.0 Å². The summed E-state index contributed by atoms with van der Waals surface area (Å²) in [7, 11) is 0. The molecule has 1 atom stereocenters. The van der Waals surface area contributed by atoms with Gasteiger partial charge in [0.2, 0.25) is 0 Å². The van der Waals surface area contributed by atoms with Crippen LogP contribution < -0.4 is 5.32 Å². The molecule has 0 spiro atoms. The Morgan fingerprint density at radius 3 is 2.62 bits per heavy atom. The molecule has 2 heteroatoms. The lowest BCUT2D eigenvalue weighted by molar-refractivity contribution is 0.376. The topological polar surface area (TPSA) is 12.0 Å². The van der Waals surface area contributed by atoms with Gasteiger partial charge in [-0.1, -0.05) is 18.2 Å². The molecule has 0 radical (unpaired) electrons. The van der Waals surface area contributed by atoms with Gasteiger partial charge in [0, 0.05) is 23.1 Å². The minimum Gasteiger partial charge on any atom is -0.303 e. The molecular weight excluding hydrogens is 214 g/mol. The molecule has 2 rings (SSSR count). The van der Waals surface area contributed by atoms with Crippen LogP contribution in [-0.2, 0) is 0 Å². The summed E-state index contributed by atoms with van der Waals surface area (Å²) < 4.78 is 0. The van der Waals surface area contributed by atoms with Crippen molar-refractivity contribution in [3.05, 3.63) is 34.9 Å². The highest BCUT2D eigenvalue weighted by Gasteiger charge is 2.28. The van der Waals surface area contributed by atoms with Crippen LogP contribution in [0, 0.1) is 13.8 Å². The van der Waals surface area contributed by atoms with E-state index in [0.29, 0.717) is 6.04 Å². The van der Waals surface area contributed by atoms with Crippen molar-refractivity contribution in [2.24, 2.45) is 0 Å². The van der Waals surface area contributed by atoms with Crippen LogP contribution in [0.3, 0.4) is 0 Å². The van der Waals surface area contributed by atoms with E-state index in [0.717, 1.165) is 0 Å². The summed E-state index contributed by atoms with van der Waals surface area (Å²) in [6, 6.07) is 7.34. The van der Waals surface area contributed by atoms with Crippen LogP contribution in [0.15, 0.2) is 18.2 Å². The Balaban J connectivity index is 2.20. The fraction of sp³-hybridized carbons (Fsp3) is 0.571. The van der Waals surface area contributed by atoms with E-state index in [1.165, 1.54) is 28.2 Å². The van der Waals surface area contributed by atoms with Crippen LogP contribution in [0.25, 0.3) is 0 Å². The minimum absolute atomic E-state index is 0.256. The standard InChI is InChI=1S/C14H21NS/c1-10-5-6-12(7-11(10)2)13-8-16-9-14(3,4)15-13/h5-7,13,15H,8-9H2,1-4H3. The quantitative estimate of drug-likeness (QED) is 0.800. The number of hydrogen-bond acceptors (Lipinski definition) is 2. The molecule has 0 saturated carbocycles. The predicted octanol–water partition coefficient (Wildman–Crippen LogP) is 3.46. The van der Waals surface area contributed by atoms with Crippen molar-refractivity contribution in [3.8, 4) is 0 Å². The third kappa shape index (κ3) is 2.61. The van der Waals surface area contributed by atoms with Crippen molar-refractivity contribution in [3.63, 3.8) is 0 Å². The summed E-state index contributed by atoms with van der Waals surface area (Å²) >= 11 is 2.05. The second-order valence-electron chi connectivity index (χ2n) is 5.44. The Hall–Kier alpha value is -0.470. The SMILES string of the molecule is Cc1ccc(C2CSCC(C)(C)N2)cc1C. The lowest BCUT2D eigenvalue weighted by atomic mass is 9.99. The van der Waals surface area contributed by atoms with E-state index in [1.54, 1.807) is 0 Å². The van der Waals surface area contributed by atoms with Crippen LogP contribution >= 0.6 is 11.8 Å². The normalized spacial score (nSPS) is 24.4. The molecule has 1 unspecified atom stereocenters. The molecule has 1 fully saturated rings. The first-order valence-corrected chi connectivity index (χ1v) is 7.06. The zero-order chi connectivity index (χ0) is 11.8. The maximum atomic E-state index is 3.73. The van der Waals surface area contributed by atoms with Crippen LogP contribution in [0.1, 0.15) is 36.6 Å². The molecule has 1 heterocycles. The number of hydrogen-bond donors (Lipinski definition) is 1. The summed E-state index contributed by atoms with van der Waals surface area (Å²) in [5.74, 6) is 2.39. The number of rotatable bonds is 1. The first kappa shape index (κ1) is 12.0. The molecule has 1 aromatic carbocycles. The second-order valence-corrected chi connectivity index (χ2v) is 6.47. The van der Waals surface area contributed by atoms with Crippen molar-refractivity contribution in [2.75, 3.05) is 11.5 Å². The number of nitrogens with one attached hydrogen (secondary N) is 1. The molecule has 0 aliphatic carbocycles. The summed E-state index contributed by atoms with van der Waals surface area (Å²) in [5.41, 5.74) is 4.47. The van der Waals surface area contributed by atoms with Gasteiger partial charge in [0.25, 0.3) is 0 Å². The summed E-state index contributed by atoms with van der Waals surface area (Å²) in [6.07, 6.45) is 0. The Kier molecular flexibility index (Phi) is 3.32. The van der Waals surface area contributed by atoms with E-state index < -0.39 is 0 Å². The zero-order valence-corrected chi connectivity index (χ0v) is 11.4. The molecule has 1 nitrogen and oxygen atoms in total. The van der Waals surface area contributed by atoms with E-state index in [4.69, 9.17) is 0 Å². The number of thioether (sulfide) groups is 1. The molecule has 1 saturated heterocycles. The molecule has 1 aromatic rings. The molecule has 1 aliphatic heterocycles. The Bertz CT molecular complexity index is 384. The molecule has 1 aliphatic rings. The van der Waals surface area contributed by atoms with Crippen molar-refractivity contribution < 1.29 is 0 Å². The van der Waals surface area contributed by atoms with Gasteiger partial charge in [0.15, 0.2) is 0 Å². The van der Waals surface area contributed by atoms with E-state index in [-0.39, 0.29) is 5.54 Å². The third-order valence-electron chi connectivity index (χ3n) is 3.25. The summed E-state index contributed by atoms with van der Waals surface area (Å²) in [6.45, 7) is 8.94. The molecule has 0 aromatic heterocycles. The average molecular weight is 235 g/mol. The van der Waals surface area contributed by atoms with Crippen LogP contribution in [0.4, 0.5) is 0 Å². The minimum atomic E-state index is 0.256. The van der Waals surface area contributed by atoms with E-state index in [1.807, 2.05) is 0 Å². The van der Waals surface area contributed by atoms with Crippen molar-refractivity contribution >= 4 is 11.8 Å². The van der Waals surface area contributed by atoms with E-state index in [2.05, 4.69) is 63.0 Å². The highest BCUT2D eigenvalue weighted by Crippen LogP contribution is 2.29. The monoisotopic (exact) mass is 235 g/mol. The fourth-order valence-corrected chi connectivity index (χ4v) is 3.37. The molecular formula is C14H21NS. The average Bonchev–Trinajstić information content (AvgIpc) is 2.20. The molecule has 88 valence electrons. The summed E-state index contributed by atoms with van der Waals surface area (Å²) in [4.78, 5) is 0. The van der Waals surface area contributed by atoms with Crippen molar-refractivity contribution in [1.29, 1.82) is 0 Å². The molecule has 16 heavy (non-hydrogen) atoms. The fourth-order valence-electron chi connectivity index (χ4n) is 2.15. The Morgan fingerprint density at radius 2 is 2.00 bits per heavy atom. The van der Waals surface area contributed by atoms with Gasteiger partial charge in [-0.05, 0) is 44.4 Å². The number of aryl methyl sites for hydroxylation is 2. The lowest BCUT2D eigenvalue weighted by Gasteiger charge is -2.37. The lowest BCUT2D eigenvalue weighted by Crippen LogP contribution is -2.48. The van der Waals surface area contributed by atoms with Gasteiger partial charge in [-0.15, -0.1) is 0 Å². The molecule has 0 amide bonds. The molecule has 0 bridgehead atoms. The van der Waals surface area contributed by atoms with Gasteiger partial charge in [-0.3, -0.25) is 0 Å². The van der Waals surface area contributed by atoms with Gasteiger partial charge in [0.1, 0.15) is 0 Å². The summed E-state index contributed by atoms with van der Waals surface area (Å²) in [5, 5.41) is 3.73. The maximum absolute atomic E-state index is 3.73. The van der Waals surface area contributed by atoms with Gasteiger partial charge in [-0.2, -0.15) is 11.8 Å². The van der Waals surface area contributed by atoms with Crippen molar-refractivity contribution in [2.45, 2.75) is 39.3 Å². The highest BCUT2D eigenvalue weighted by atomic mass is 32.2. The van der Waals surface area contributed by atoms with Gasteiger partial charge < -0.3 is 5.32 Å².